The van der Waals surface area contributed by atoms with Crippen LogP contribution in [0.25, 0.3) is 10.3 Å². The molecule has 9 heteroatoms. The molecule has 2 aliphatic carbocycles. The highest BCUT2D eigenvalue weighted by Gasteiger charge is 2.59. The van der Waals surface area contributed by atoms with Gasteiger partial charge >= 0.3 is 0 Å². The summed E-state index contributed by atoms with van der Waals surface area (Å²) in [7, 11) is 0. The van der Waals surface area contributed by atoms with E-state index in [1.807, 2.05) is 12.1 Å². The van der Waals surface area contributed by atoms with Crippen LogP contribution in [0.15, 0.2) is 30.5 Å². The Morgan fingerprint density at radius 2 is 1.77 bits per heavy atom. The summed E-state index contributed by atoms with van der Waals surface area (Å²) in [4.78, 5) is 53.5. The average Bonchev–Trinajstić information content (AvgIpc) is 3.53. The summed E-state index contributed by atoms with van der Waals surface area (Å²) >= 11 is 1.55. The lowest BCUT2D eigenvalue weighted by molar-refractivity contribution is -0.147. The summed E-state index contributed by atoms with van der Waals surface area (Å²) in [6, 6.07) is 3.82. The number of thiazole rings is 1. The van der Waals surface area contributed by atoms with Gasteiger partial charge in [0.25, 0.3) is 0 Å². The lowest BCUT2D eigenvalue weighted by atomic mass is 9.85. The molecule has 4 unspecified atom stereocenters. The highest BCUT2D eigenvalue weighted by Crippen LogP contribution is 2.52. The van der Waals surface area contributed by atoms with Gasteiger partial charge < -0.3 is 9.80 Å². The zero-order valence-electron chi connectivity index (χ0n) is 16.3. The number of hydrogen-bond donors (Lipinski definition) is 0. The van der Waals surface area contributed by atoms with Crippen LogP contribution >= 0.6 is 11.3 Å². The highest BCUT2D eigenvalue weighted by molar-refractivity contribution is 7.21. The van der Waals surface area contributed by atoms with Gasteiger partial charge in [0.15, 0.2) is 5.13 Å². The van der Waals surface area contributed by atoms with Crippen LogP contribution in [-0.2, 0) is 14.4 Å². The van der Waals surface area contributed by atoms with E-state index in [1.165, 1.54) is 4.90 Å². The Morgan fingerprint density at radius 3 is 2.43 bits per heavy atom. The second-order valence-electron chi connectivity index (χ2n) is 8.45. The van der Waals surface area contributed by atoms with Crippen molar-refractivity contribution >= 4 is 44.5 Å². The summed E-state index contributed by atoms with van der Waals surface area (Å²) in [5, 5.41) is 0.913. The number of nitrogens with zero attached hydrogens (tertiary/aromatic N) is 5. The van der Waals surface area contributed by atoms with E-state index in [-0.39, 0.29) is 47.9 Å². The summed E-state index contributed by atoms with van der Waals surface area (Å²) < 4.78 is 0. The standard InChI is InChI=1S/C21H21N5O3S/c27-15(11-26-19(28)16-12-3-4-13(10-12)17(16)20(26)29)24-6-8-25(9-7-24)21-23-14-2-1-5-22-18(14)30-21/h1-5,12-13,16-17H,6-11H2. The lowest BCUT2D eigenvalue weighted by Crippen LogP contribution is -2.52. The number of pyridine rings is 1. The first-order valence-corrected chi connectivity index (χ1v) is 11.2. The third kappa shape index (κ3) is 2.61. The number of imide groups is 1. The summed E-state index contributed by atoms with van der Waals surface area (Å²) in [5.74, 6) is -0.615. The highest BCUT2D eigenvalue weighted by atomic mass is 32.1. The van der Waals surface area contributed by atoms with E-state index < -0.39 is 0 Å². The normalized spacial score (nSPS) is 30.1. The Kier molecular flexibility index (Phi) is 3.96. The van der Waals surface area contributed by atoms with Crippen molar-refractivity contribution in [3.63, 3.8) is 0 Å². The molecule has 30 heavy (non-hydrogen) atoms. The Morgan fingerprint density at radius 1 is 1.07 bits per heavy atom. The molecule has 3 amide bonds. The van der Waals surface area contributed by atoms with Gasteiger partial charge in [0, 0.05) is 32.4 Å². The molecular formula is C21H21N5O3S. The summed E-state index contributed by atoms with van der Waals surface area (Å²) in [6.07, 6.45) is 6.80. The molecule has 2 bridgehead atoms. The molecule has 1 saturated carbocycles. The maximum atomic E-state index is 12.9. The minimum Gasteiger partial charge on any atom is -0.344 e. The first-order valence-electron chi connectivity index (χ1n) is 10.4. The Bertz CT molecular complexity index is 1030. The van der Waals surface area contributed by atoms with Crippen molar-refractivity contribution in [3.8, 4) is 0 Å². The zero-order chi connectivity index (χ0) is 20.4. The number of allylic oxidation sites excluding steroid dienone is 2. The van der Waals surface area contributed by atoms with Gasteiger partial charge in [-0.05, 0) is 30.4 Å². The van der Waals surface area contributed by atoms with Gasteiger partial charge in [-0.15, -0.1) is 0 Å². The number of fused-ring (bicyclic) bond motifs is 6. The fourth-order valence-corrected chi connectivity index (χ4v) is 6.36. The largest absolute Gasteiger partial charge is 0.344 e. The third-order valence-corrected chi connectivity index (χ3v) is 7.95. The molecule has 8 nitrogen and oxygen atoms in total. The van der Waals surface area contributed by atoms with Crippen LogP contribution in [-0.4, -0.2) is 70.2 Å². The molecule has 4 aliphatic rings. The van der Waals surface area contributed by atoms with Gasteiger partial charge in [0.1, 0.15) is 16.9 Å². The van der Waals surface area contributed by atoms with Crippen LogP contribution in [0.2, 0.25) is 0 Å². The number of carbonyl (C=O) groups excluding carboxylic acids is 3. The summed E-state index contributed by atoms with van der Waals surface area (Å²) in [5.41, 5.74) is 0.885. The second kappa shape index (κ2) is 6.60. The van der Waals surface area contributed by atoms with Crippen molar-refractivity contribution in [2.24, 2.45) is 23.7 Å². The topological polar surface area (TPSA) is 86.7 Å². The Balaban J connectivity index is 1.09. The third-order valence-electron chi connectivity index (χ3n) is 6.91. The predicted molar refractivity (Wildman–Crippen MR) is 111 cm³/mol. The SMILES string of the molecule is O=C(CN1C(=O)C2C3C=CC(C3)C2C1=O)N1CCN(c2nc3cccnc3s2)CC1. The van der Waals surface area contributed by atoms with Gasteiger partial charge in [0.2, 0.25) is 17.7 Å². The fraction of sp³-hybridized carbons (Fsp3) is 0.476. The smallest absolute Gasteiger partial charge is 0.242 e. The zero-order valence-corrected chi connectivity index (χ0v) is 17.1. The van der Waals surface area contributed by atoms with E-state index >= 15 is 0 Å². The molecule has 4 atom stereocenters. The Labute approximate surface area is 177 Å². The van der Waals surface area contributed by atoms with Crippen LogP contribution in [0, 0.1) is 23.7 Å². The van der Waals surface area contributed by atoms with Crippen molar-refractivity contribution in [1.82, 2.24) is 19.8 Å². The van der Waals surface area contributed by atoms with Crippen molar-refractivity contribution < 1.29 is 14.4 Å². The number of amides is 3. The lowest BCUT2D eigenvalue weighted by Gasteiger charge is -2.35. The van der Waals surface area contributed by atoms with Crippen molar-refractivity contribution in [1.29, 1.82) is 0 Å². The molecule has 2 aliphatic heterocycles. The van der Waals surface area contributed by atoms with E-state index in [2.05, 4.69) is 27.0 Å². The molecular weight excluding hydrogens is 402 g/mol. The molecule has 3 fully saturated rings. The number of hydrogen-bond acceptors (Lipinski definition) is 7. The average molecular weight is 423 g/mol. The number of piperazine rings is 1. The van der Waals surface area contributed by atoms with Crippen LogP contribution in [0.4, 0.5) is 5.13 Å². The van der Waals surface area contributed by atoms with Crippen LogP contribution < -0.4 is 4.90 Å². The van der Waals surface area contributed by atoms with Gasteiger partial charge in [-0.1, -0.05) is 23.5 Å². The van der Waals surface area contributed by atoms with E-state index in [9.17, 15) is 14.4 Å². The van der Waals surface area contributed by atoms with E-state index in [4.69, 9.17) is 0 Å². The van der Waals surface area contributed by atoms with E-state index in [1.54, 1.807) is 22.4 Å². The van der Waals surface area contributed by atoms with E-state index in [0.717, 1.165) is 21.9 Å². The number of carbonyl (C=O) groups is 3. The van der Waals surface area contributed by atoms with Gasteiger partial charge in [0.05, 0.1) is 11.8 Å². The number of anilines is 1. The molecule has 6 rings (SSSR count). The van der Waals surface area contributed by atoms with Crippen molar-refractivity contribution in [3.05, 3.63) is 30.5 Å². The monoisotopic (exact) mass is 423 g/mol. The molecule has 0 aromatic carbocycles. The molecule has 0 radical (unpaired) electrons. The minimum absolute atomic E-state index is 0.130. The fourth-order valence-electron chi connectivity index (χ4n) is 5.40. The van der Waals surface area contributed by atoms with Crippen LogP contribution in [0.5, 0.6) is 0 Å². The van der Waals surface area contributed by atoms with Gasteiger partial charge in [-0.3, -0.25) is 19.3 Å². The van der Waals surface area contributed by atoms with Crippen LogP contribution in [0.1, 0.15) is 6.42 Å². The quantitative estimate of drug-likeness (QED) is 0.544. The van der Waals surface area contributed by atoms with Gasteiger partial charge in [-0.2, -0.15) is 0 Å². The molecule has 2 aromatic rings. The number of likely N-dealkylation sites (tertiary alicyclic amines) is 1. The van der Waals surface area contributed by atoms with Crippen molar-refractivity contribution in [2.45, 2.75) is 6.42 Å². The maximum absolute atomic E-state index is 12.9. The molecule has 0 N–H and O–H groups in total. The maximum Gasteiger partial charge on any atom is 0.242 e. The van der Waals surface area contributed by atoms with Gasteiger partial charge in [-0.25, -0.2) is 9.97 Å². The predicted octanol–water partition coefficient (Wildman–Crippen LogP) is 1.15. The molecule has 2 saturated heterocycles. The molecule has 154 valence electrons. The minimum atomic E-state index is -0.246. The molecule has 2 aromatic heterocycles. The summed E-state index contributed by atoms with van der Waals surface area (Å²) in [6.45, 7) is 2.32. The first-order chi connectivity index (χ1) is 14.6. The number of rotatable bonds is 3. The molecule has 4 heterocycles. The van der Waals surface area contributed by atoms with Crippen molar-refractivity contribution in [2.75, 3.05) is 37.6 Å². The van der Waals surface area contributed by atoms with Crippen LogP contribution in [0.3, 0.4) is 0 Å². The van der Waals surface area contributed by atoms with E-state index in [0.29, 0.717) is 26.2 Å². The Hall–Kier alpha value is -2.81. The first kappa shape index (κ1) is 18.0. The molecule has 0 spiro atoms. The number of aromatic nitrogens is 2. The second-order valence-corrected chi connectivity index (χ2v) is 9.41.